The molecule has 4 aromatic rings. The number of fused-ring (bicyclic) bond motifs is 2. The largest absolute Gasteiger partial charge is 0.497 e. The average Bonchev–Trinajstić information content (AvgIpc) is 2.86. The number of benzene rings is 1. The molecule has 9 nitrogen and oxygen atoms in total. The molecule has 0 spiro atoms. The lowest BCUT2D eigenvalue weighted by molar-refractivity contribution is 0.0948. The molecule has 0 saturated heterocycles. The quantitative estimate of drug-likeness (QED) is 0.294. The van der Waals surface area contributed by atoms with Crippen molar-refractivity contribution < 1.29 is 14.3 Å². The van der Waals surface area contributed by atoms with Gasteiger partial charge in [-0.3, -0.25) is 19.4 Å². The molecule has 0 atom stereocenters. The van der Waals surface area contributed by atoms with Crippen molar-refractivity contribution >= 4 is 22.6 Å². The van der Waals surface area contributed by atoms with Crippen LogP contribution in [0.2, 0.25) is 0 Å². The number of carbonyl (C=O) groups excluding carboxylic acids is 1. The smallest absolute Gasteiger partial charge is 0.267 e. The van der Waals surface area contributed by atoms with E-state index in [4.69, 9.17) is 14.9 Å². The van der Waals surface area contributed by atoms with Crippen LogP contribution in [0.4, 0.5) is 0 Å². The minimum atomic E-state index is -0.432. The van der Waals surface area contributed by atoms with E-state index in [1.54, 1.807) is 36.1 Å². The first-order chi connectivity index (χ1) is 16.5. The Kier molecular flexibility index (Phi) is 7.03. The van der Waals surface area contributed by atoms with Gasteiger partial charge in [0, 0.05) is 32.5 Å². The second kappa shape index (κ2) is 10.3. The summed E-state index contributed by atoms with van der Waals surface area (Å²) >= 11 is 0. The molecule has 34 heavy (non-hydrogen) atoms. The molecule has 176 valence electrons. The molecule has 0 saturated carbocycles. The third kappa shape index (κ3) is 4.69. The van der Waals surface area contributed by atoms with E-state index < -0.39 is 5.91 Å². The molecule has 1 amide bonds. The fraction of sp³-hybridized carbons (Fsp3) is 0.280. The number of aromatic nitrogens is 3. The molecule has 9 heteroatoms. The molecule has 0 fully saturated rings. The van der Waals surface area contributed by atoms with Gasteiger partial charge in [0.15, 0.2) is 0 Å². The van der Waals surface area contributed by atoms with Crippen molar-refractivity contribution in [3.8, 4) is 5.75 Å². The van der Waals surface area contributed by atoms with Gasteiger partial charge in [0.1, 0.15) is 22.5 Å². The number of amides is 1. The third-order valence-electron chi connectivity index (χ3n) is 5.55. The molecular weight excluding hydrogens is 434 g/mol. The summed E-state index contributed by atoms with van der Waals surface area (Å²) in [5, 5.41) is 11.9. The van der Waals surface area contributed by atoms with Gasteiger partial charge >= 0.3 is 0 Å². The number of hydrogen-bond acceptors (Lipinski definition) is 6. The van der Waals surface area contributed by atoms with E-state index in [0.29, 0.717) is 37.5 Å². The maximum atomic E-state index is 13.2. The molecule has 0 unspecified atom stereocenters. The number of rotatable bonds is 9. The van der Waals surface area contributed by atoms with Gasteiger partial charge in [-0.25, -0.2) is 4.98 Å². The van der Waals surface area contributed by atoms with Crippen molar-refractivity contribution in [2.75, 3.05) is 20.3 Å². The molecule has 0 aliphatic rings. The first-order valence-electron chi connectivity index (χ1n) is 11.1. The van der Waals surface area contributed by atoms with E-state index in [0.717, 1.165) is 11.3 Å². The van der Waals surface area contributed by atoms with Crippen LogP contribution in [-0.4, -0.2) is 40.2 Å². The minimum Gasteiger partial charge on any atom is -0.497 e. The van der Waals surface area contributed by atoms with Gasteiger partial charge in [-0.05, 0) is 49.2 Å². The van der Waals surface area contributed by atoms with Crippen LogP contribution in [0, 0.1) is 5.41 Å². The molecule has 0 radical (unpaired) electrons. The van der Waals surface area contributed by atoms with Crippen molar-refractivity contribution in [3.63, 3.8) is 0 Å². The van der Waals surface area contributed by atoms with Gasteiger partial charge < -0.3 is 19.4 Å². The lowest BCUT2D eigenvalue weighted by atomic mass is 10.1. The molecule has 4 rings (SSSR count). The van der Waals surface area contributed by atoms with Crippen LogP contribution >= 0.6 is 0 Å². The number of nitrogens with zero attached hydrogens (tertiary/aromatic N) is 3. The Balaban J connectivity index is 1.74. The maximum absolute atomic E-state index is 13.2. The van der Waals surface area contributed by atoms with Gasteiger partial charge in [0.25, 0.3) is 11.5 Å². The van der Waals surface area contributed by atoms with E-state index >= 15 is 0 Å². The van der Waals surface area contributed by atoms with Gasteiger partial charge in [-0.2, -0.15) is 0 Å². The number of ether oxygens (including phenoxy) is 2. The highest BCUT2D eigenvalue weighted by molar-refractivity contribution is 5.96. The zero-order chi connectivity index (χ0) is 24.1. The van der Waals surface area contributed by atoms with Crippen LogP contribution in [0.1, 0.15) is 29.3 Å². The van der Waals surface area contributed by atoms with Crippen LogP contribution in [0.25, 0.3) is 16.7 Å². The van der Waals surface area contributed by atoms with E-state index in [9.17, 15) is 9.59 Å². The summed E-state index contributed by atoms with van der Waals surface area (Å²) < 4.78 is 13.7. The molecule has 0 bridgehead atoms. The maximum Gasteiger partial charge on any atom is 0.267 e. The molecule has 0 aliphatic heterocycles. The van der Waals surface area contributed by atoms with Crippen LogP contribution in [-0.2, 0) is 17.8 Å². The van der Waals surface area contributed by atoms with Crippen molar-refractivity contribution in [1.82, 2.24) is 19.3 Å². The lowest BCUT2D eigenvalue weighted by Crippen LogP contribution is -2.35. The van der Waals surface area contributed by atoms with Gasteiger partial charge in [0.05, 0.1) is 18.1 Å². The van der Waals surface area contributed by atoms with Crippen molar-refractivity contribution in [3.05, 3.63) is 81.7 Å². The summed E-state index contributed by atoms with van der Waals surface area (Å²) in [6, 6.07) is 14.1. The molecule has 3 heterocycles. The lowest BCUT2D eigenvalue weighted by Gasteiger charge is -2.15. The summed E-state index contributed by atoms with van der Waals surface area (Å²) in [5.74, 6) is 0.296. The highest BCUT2D eigenvalue weighted by Crippen LogP contribution is 2.13. The third-order valence-corrected chi connectivity index (χ3v) is 5.55. The summed E-state index contributed by atoms with van der Waals surface area (Å²) in [6.07, 6.45) is 2.26. The van der Waals surface area contributed by atoms with Crippen molar-refractivity contribution in [2.24, 2.45) is 0 Å². The number of pyridine rings is 2. The standard InChI is InChI=1S/C25H27N5O4/c1-3-34-14-6-13-30-22(26)19(24(31)27-16-17-8-10-18(33-2)11-9-17)15-20-23(30)28-21-7-4-5-12-29(21)25(20)32/h4-5,7-12,15,26H,3,6,13-14,16H2,1-2H3,(H,27,31). The Morgan fingerprint density at radius 3 is 2.71 bits per heavy atom. The molecule has 0 aliphatic carbocycles. The molecule has 1 aromatic carbocycles. The Hall–Kier alpha value is -3.98. The summed E-state index contributed by atoms with van der Waals surface area (Å²) in [4.78, 5) is 30.9. The van der Waals surface area contributed by atoms with Gasteiger partial charge in [-0.1, -0.05) is 18.2 Å². The zero-order valence-electron chi connectivity index (χ0n) is 19.2. The fourth-order valence-electron chi connectivity index (χ4n) is 3.77. The van der Waals surface area contributed by atoms with Crippen molar-refractivity contribution in [1.29, 1.82) is 5.41 Å². The topological polar surface area (TPSA) is 111 Å². The number of aryl methyl sites for hydroxylation is 1. The zero-order valence-corrected chi connectivity index (χ0v) is 19.2. The molecule has 2 N–H and O–H groups in total. The average molecular weight is 462 g/mol. The highest BCUT2D eigenvalue weighted by Gasteiger charge is 2.17. The van der Waals surface area contributed by atoms with Crippen molar-refractivity contribution in [2.45, 2.75) is 26.4 Å². The first-order valence-corrected chi connectivity index (χ1v) is 11.1. The predicted molar refractivity (Wildman–Crippen MR) is 128 cm³/mol. The summed E-state index contributed by atoms with van der Waals surface area (Å²) in [7, 11) is 1.59. The Labute approximate surface area is 196 Å². The highest BCUT2D eigenvalue weighted by atomic mass is 16.5. The normalized spacial score (nSPS) is 11.1. The Bertz CT molecular complexity index is 1440. The minimum absolute atomic E-state index is 0.00316. The van der Waals surface area contributed by atoms with Crippen LogP contribution in [0.5, 0.6) is 5.75 Å². The second-order valence-corrected chi connectivity index (χ2v) is 7.72. The summed E-state index contributed by atoms with van der Waals surface area (Å²) in [6.45, 7) is 3.69. The fourth-order valence-corrected chi connectivity index (χ4v) is 3.77. The van der Waals surface area contributed by atoms with E-state index in [1.807, 2.05) is 31.2 Å². The number of nitrogens with one attached hydrogen (secondary N) is 2. The van der Waals surface area contributed by atoms with Gasteiger partial charge in [-0.15, -0.1) is 0 Å². The molecular formula is C25H27N5O4. The Morgan fingerprint density at radius 2 is 1.97 bits per heavy atom. The number of hydrogen-bond donors (Lipinski definition) is 2. The van der Waals surface area contributed by atoms with E-state index in [-0.39, 0.29) is 28.5 Å². The monoisotopic (exact) mass is 461 g/mol. The van der Waals surface area contributed by atoms with Gasteiger partial charge in [0.2, 0.25) is 0 Å². The first kappa shape index (κ1) is 23.2. The van der Waals surface area contributed by atoms with E-state index in [2.05, 4.69) is 10.3 Å². The van der Waals surface area contributed by atoms with Crippen LogP contribution in [0.15, 0.2) is 59.5 Å². The molecule has 3 aromatic heterocycles. The number of carbonyl (C=O) groups is 1. The Morgan fingerprint density at radius 1 is 1.18 bits per heavy atom. The predicted octanol–water partition coefficient (Wildman–Crippen LogP) is 2.49. The van der Waals surface area contributed by atoms with Crippen LogP contribution in [0.3, 0.4) is 0 Å². The van der Waals surface area contributed by atoms with E-state index in [1.165, 1.54) is 10.5 Å². The number of methoxy groups -OCH3 is 1. The SMILES string of the molecule is CCOCCCn1c(=N)c(C(=O)NCc2ccc(OC)cc2)cc2c(=O)n3ccccc3nc21. The van der Waals surface area contributed by atoms with Crippen LogP contribution < -0.4 is 21.1 Å². The second-order valence-electron chi connectivity index (χ2n) is 7.72. The summed E-state index contributed by atoms with van der Waals surface area (Å²) in [5.41, 5.74) is 1.58.